The number of furan rings is 1. The van der Waals surface area contributed by atoms with Crippen molar-refractivity contribution in [2.75, 3.05) is 14.2 Å². The van der Waals surface area contributed by atoms with Crippen LogP contribution in [0.4, 0.5) is 4.79 Å². The number of alkyl halides is 2. The third-order valence-corrected chi connectivity index (χ3v) is 8.91. The van der Waals surface area contributed by atoms with Gasteiger partial charge in [0.2, 0.25) is 11.8 Å². The van der Waals surface area contributed by atoms with Gasteiger partial charge in [0.1, 0.15) is 18.1 Å². The lowest BCUT2D eigenvalue weighted by Gasteiger charge is -2.49. The Hall–Kier alpha value is -2.69. The number of hydrogen-bond acceptors (Lipinski definition) is 8. The topological polar surface area (TPSA) is 134 Å². The van der Waals surface area contributed by atoms with Crippen LogP contribution in [0.1, 0.15) is 30.3 Å². The van der Waals surface area contributed by atoms with E-state index in [1.807, 2.05) is 0 Å². The molecule has 1 saturated carbocycles. The number of methoxy groups -OCH3 is 1. The van der Waals surface area contributed by atoms with E-state index < -0.39 is 69.7 Å². The number of amides is 5. The molecule has 0 spiro atoms. The average molecular weight is 511 g/mol. The van der Waals surface area contributed by atoms with E-state index in [4.69, 9.17) is 27.6 Å². The Labute approximate surface area is 203 Å². The van der Waals surface area contributed by atoms with E-state index in [-0.39, 0.29) is 24.4 Å². The normalized spacial score (nSPS) is 36.9. The molecule has 1 N–H and O–H groups in total. The minimum Gasteiger partial charge on any atom is -0.463 e. The standard InChI is InChI=1S/C22H20Cl2N2O8/c1-25-18(30)21(23)7-12-10(4-5-11-14(12)17(29)26(16(11)28)20(32)33-2)15(22(21,24)19(25)31)13-6-3-9(8-27)34-13/h3-4,6,11-12,14-15,27H,5,7-8H2,1-2H3. The molecule has 12 heteroatoms. The number of allylic oxidation sites excluding steroid dienone is 2. The van der Waals surface area contributed by atoms with Crippen molar-refractivity contribution < 1.29 is 38.2 Å². The largest absolute Gasteiger partial charge is 0.463 e. The summed E-state index contributed by atoms with van der Waals surface area (Å²) < 4.78 is 10.4. The number of aliphatic hydroxyl groups is 1. The van der Waals surface area contributed by atoms with Gasteiger partial charge in [0.25, 0.3) is 11.8 Å². The molecule has 2 saturated heterocycles. The van der Waals surface area contributed by atoms with Gasteiger partial charge in [-0.05, 0) is 30.9 Å². The number of carbonyl (C=O) groups is 5. The van der Waals surface area contributed by atoms with E-state index in [9.17, 15) is 29.1 Å². The Kier molecular flexibility index (Phi) is 5.02. The summed E-state index contributed by atoms with van der Waals surface area (Å²) >= 11 is 13.9. The van der Waals surface area contributed by atoms with Gasteiger partial charge in [0, 0.05) is 7.05 Å². The van der Waals surface area contributed by atoms with Gasteiger partial charge in [0.15, 0.2) is 9.75 Å². The molecule has 6 unspecified atom stereocenters. The number of carbonyl (C=O) groups excluding carboxylic acids is 5. The highest BCUT2D eigenvalue weighted by atomic mass is 35.5. The summed E-state index contributed by atoms with van der Waals surface area (Å²) in [5, 5.41) is 9.48. The smallest absolute Gasteiger partial charge is 0.423 e. The first-order valence-electron chi connectivity index (χ1n) is 10.6. The third-order valence-electron chi connectivity index (χ3n) is 7.49. The van der Waals surface area contributed by atoms with E-state index in [0.29, 0.717) is 10.5 Å². The van der Waals surface area contributed by atoms with Crippen LogP contribution in [0.3, 0.4) is 0 Å². The second-order valence-corrected chi connectivity index (χ2v) is 10.2. The summed E-state index contributed by atoms with van der Waals surface area (Å²) in [7, 11) is 2.34. The predicted molar refractivity (Wildman–Crippen MR) is 114 cm³/mol. The van der Waals surface area contributed by atoms with Crippen LogP contribution in [0.15, 0.2) is 28.2 Å². The zero-order valence-corrected chi connectivity index (χ0v) is 19.6. The molecule has 4 aliphatic rings. The van der Waals surface area contributed by atoms with Crippen molar-refractivity contribution in [3.8, 4) is 0 Å². The number of rotatable bonds is 2. The van der Waals surface area contributed by atoms with E-state index in [0.717, 1.165) is 12.0 Å². The predicted octanol–water partition coefficient (Wildman–Crippen LogP) is 1.53. The van der Waals surface area contributed by atoms with E-state index in [2.05, 4.69) is 4.74 Å². The molecule has 10 nitrogen and oxygen atoms in total. The minimum atomic E-state index is -1.96. The molecule has 2 aliphatic carbocycles. The Morgan fingerprint density at radius 3 is 2.50 bits per heavy atom. The van der Waals surface area contributed by atoms with Gasteiger partial charge in [-0.2, -0.15) is 4.90 Å². The highest BCUT2D eigenvalue weighted by Crippen LogP contribution is 2.65. The molecule has 1 aromatic heterocycles. The first-order chi connectivity index (χ1) is 16.0. The molecule has 3 fully saturated rings. The number of aliphatic hydroxyl groups excluding tert-OH is 1. The number of hydrogen-bond donors (Lipinski definition) is 1. The Morgan fingerprint density at radius 1 is 1.18 bits per heavy atom. The van der Waals surface area contributed by atoms with Gasteiger partial charge < -0.3 is 14.3 Å². The van der Waals surface area contributed by atoms with Crippen molar-refractivity contribution in [1.29, 1.82) is 0 Å². The zero-order chi connectivity index (χ0) is 24.7. The maximum absolute atomic E-state index is 13.3. The maximum Gasteiger partial charge on any atom is 0.423 e. The van der Waals surface area contributed by atoms with Crippen LogP contribution in [-0.4, -0.2) is 68.5 Å². The van der Waals surface area contributed by atoms with Crippen LogP contribution in [0.5, 0.6) is 0 Å². The molecule has 1 aromatic rings. The second kappa shape index (κ2) is 7.40. The van der Waals surface area contributed by atoms with E-state index in [1.165, 1.54) is 19.2 Å². The molecule has 0 radical (unpaired) electrons. The molecule has 6 atom stereocenters. The van der Waals surface area contributed by atoms with Crippen LogP contribution in [0.2, 0.25) is 0 Å². The highest BCUT2D eigenvalue weighted by molar-refractivity contribution is 6.53. The number of imide groups is 4. The number of likely N-dealkylation sites (tertiary alicyclic amines) is 2. The zero-order valence-electron chi connectivity index (χ0n) is 18.1. The summed E-state index contributed by atoms with van der Waals surface area (Å²) in [6.07, 6.45) is 0.535. The van der Waals surface area contributed by atoms with E-state index >= 15 is 0 Å². The van der Waals surface area contributed by atoms with Gasteiger partial charge in [-0.3, -0.25) is 24.1 Å². The Bertz CT molecular complexity index is 1190. The molecular weight excluding hydrogens is 491 g/mol. The average Bonchev–Trinajstić information content (AvgIpc) is 3.43. The van der Waals surface area contributed by atoms with Crippen molar-refractivity contribution >= 4 is 52.9 Å². The monoisotopic (exact) mass is 510 g/mol. The Morgan fingerprint density at radius 2 is 1.88 bits per heavy atom. The molecule has 180 valence electrons. The molecule has 0 bridgehead atoms. The van der Waals surface area contributed by atoms with Gasteiger partial charge in [-0.1, -0.05) is 11.6 Å². The van der Waals surface area contributed by atoms with Crippen molar-refractivity contribution in [1.82, 2.24) is 9.80 Å². The Balaban J connectivity index is 1.69. The fraction of sp³-hybridized carbons (Fsp3) is 0.500. The molecule has 5 amide bonds. The summed E-state index contributed by atoms with van der Waals surface area (Å²) in [4.78, 5) is 62.3. The van der Waals surface area contributed by atoms with Crippen molar-refractivity contribution in [2.24, 2.45) is 17.8 Å². The lowest BCUT2D eigenvalue weighted by atomic mass is 9.57. The fourth-order valence-corrected chi connectivity index (χ4v) is 6.96. The number of ether oxygens (including phenoxy) is 1. The van der Waals surface area contributed by atoms with Crippen molar-refractivity contribution in [3.05, 3.63) is 35.3 Å². The number of halogens is 2. The second-order valence-electron chi connectivity index (χ2n) is 8.94. The van der Waals surface area contributed by atoms with Gasteiger partial charge in [0.05, 0.1) is 24.9 Å². The third kappa shape index (κ3) is 2.59. The van der Waals surface area contributed by atoms with Crippen LogP contribution < -0.4 is 0 Å². The molecule has 3 heterocycles. The summed E-state index contributed by atoms with van der Waals surface area (Å²) in [5.74, 6) is -6.15. The molecule has 2 aliphatic heterocycles. The van der Waals surface area contributed by atoms with Crippen LogP contribution in [0.25, 0.3) is 0 Å². The quantitative estimate of drug-likeness (QED) is 0.359. The number of fused-ring (bicyclic) bond motifs is 4. The highest BCUT2D eigenvalue weighted by Gasteiger charge is 2.76. The number of nitrogens with zero attached hydrogens (tertiary/aromatic N) is 2. The van der Waals surface area contributed by atoms with Gasteiger partial charge >= 0.3 is 6.09 Å². The fourth-order valence-electron chi connectivity index (χ4n) is 5.96. The van der Waals surface area contributed by atoms with Gasteiger partial charge in [-0.25, -0.2) is 4.79 Å². The van der Waals surface area contributed by atoms with Crippen molar-refractivity contribution in [3.63, 3.8) is 0 Å². The maximum atomic E-state index is 13.3. The molecule has 5 rings (SSSR count). The first kappa shape index (κ1) is 23.1. The van der Waals surface area contributed by atoms with Crippen LogP contribution >= 0.6 is 23.2 Å². The lowest BCUT2D eigenvalue weighted by Crippen LogP contribution is -2.60. The summed E-state index contributed by atoms with van der Waals surface area (Å²) in [5.41, 5.74) is 0.524. The molecule has 34 heavy (non-hydrogen) atoms. The lowest BCUT2D eigenvalue weighted by molar-refractivity contribution is -0.139. The summed E-state index contributed by atoms with van der Waals surface area (Å²) in [6.45, 7) is -0.408. The van der Waals surface area contributed by atoms with Crippen molar-refractivity contribution in [2.45, 2.75) is 35.1 Å². The van der Waals surface area contributed by atoms with E-state index in [1.54, 1.807) is 6.08 Å². The molecular formula is C22H20Cl2N2O8. The SMILES string of the molecule is COC(=O)N1C(=O)C2CC=C3C(CC4(Cl)C(=O)N(C)C(=O)C4(Cl)C3c3ccc(CO)o3)C2C1=O. The summed E-state index contributed by atoms with van der Waals surface area (Å²) in [6, 6.07) is 3.04. The molecule has 0 aromatic carbocycles. The van der Waals surface area contributed by atoms with Crippen LogP contribution in [-0.2, 0) is 30.5 Å². The van der Waals surface area contributed by atoms with Gasteiger partial charge in [-0.15, -0.1) is 23.2 Å². The van der Waals surface area contributed by atoms with Crippen LogP contribution in [0, 0.1) is 17.8 Å². The minimum absolute atomic E-state index is 0.110. The first-order valence-corrected chi connectivity index (χ1v) is 11.3.